The number of hydrogen-bond donors (Lipinski definition) is 1. The Morgan fingerprint density at radius 3 is 2.87 bits per heavy atom. The van der Waals surface area contributed by atoms with E-state index < -0.39 is 5.91 Å². The lowest BCUT2D eigenvalue weighted by Crippen LogP contribution is -2.10. The van der Waals surface area contributed by atoms with Crippen LogP contribution >= 0.6 is 11.6 Å². The third kappa shape index (κ3) is 4.00. The van der Waals surface area contributed by atoms with E-state index >= 15 is 0 Å². The molecule has 30 heavy (non-hydrogen) atoms. The van der Waals surface area contributed by atoms with Crippen LogP contribution in [0.4, 0.5) is 0 Å². The molecule has 154 valence electrons. The Labute approximate surface area is 177 Å². The molecule has 0 aliphatic rings. The van der Waals surface area contributed by atoms with Crippen LogP contribution < -0.4 is 10.5 Å². The molecule has 2 aromatic carbocycles. The van der Waals surface area contributed by atoms with Gasteiger partial charge in [-0.3, -0.25) is 4.79 Å². The molecule has 9 heteroatoms. The molecule has 0 saturated carbocycles. The van der Waals surface area contributed by atoms with Crippen LogP contribution in [0.5, 0.6) is 5.75 Å². The summed E-state index contributed by atoms with van der Waals surface area (Å²) in [4.78, 5) is 16.3. The summed E-state index contributed by atoms with van der Waals surface area (Å²) in [7, 11) is 1.60. The van der Waals surface area contributed by atoms with E-state index in [9.17, 15) is 4.79 Å². The van der Waals surface area contributed by atoms with Gasteiger partial charge in [0.25, 0.3) is 5.91 Å². The number of fused-ring (bicyclic) bond motifs is 1. The van der Waals surface area contributed by atoms with E-state index in [2.05, 4.69) is 10.1 Å². The largest absolute Gasteiger partial charge is 0.490 e. The number of hydrogen-bond acceptors (Lipinski definition) is 6. The summed E-state index contributed by atoms with van der Waals surface area (Å²) in [5.74, 6) is 0.801. The molecule has 0 saturated heterocycles. The quantitative estimate of drug-likeness (QED) is 0.432. The minimum Gasteiger partial charge on any atom is -0.490 e. The Bertz CT molecular complexity index is 1200. The summed E-state index contributed by atoms with van der Waals surface area (Å²) < 4.78 is 18.0. The number of amides is 1. The molecule has 0 radical (unpaired) electrons. The lowest BCUT2D eigenvalue weighted by atomic mass is 10.2. The van der Waals surface area contributed by atoms with Crippen LogP contribution in [-0.4, -0.2) is 40.9 Å². The second-order valence-corrected chi connectivity index (χ2v) is 6.98. The third-order valence-corrected chi connectivity index (χ3v) is 4.79. The van der Waals surface area contributed by atoms with E-state index in [4.69, 9.17) is 31.3 Å². The summed E-state index contributed by atoms with van der Waals surface area (Å²) in [5.41, 5.74) is 7.41. The first-order valence-electron chi connectivity index (χ1n) is 9.18. The van der Waals surface area contributed by atoms with Crippen molar-refractivity contribution in [1.82, 2.24) is 14.7 Å². The molecule has 2 N–H and O–H groups in total. The lowest BCUT2D eigenvalue weighted by Gasteiger charge is -2.09. The number of methoxy groups -OCH3 is 1. The molecule has 0 unspecified atom stereocenters. The van der Waals surface area contributed by atoms with Crippen LogP contribution in [0.1, 0.15) is 16.2 Å². The number of ether oxygens (including phenoxy) is 2. The van der Waals surface area contributed by atoms with Gasteiger partial charge >= 0.3 is 0 Å². The second kappa shape index (κ2) is 8.56. The molecular formula is C21H19ClN4O4. The highest BCUT2D eigenvalue weighted by Gasteiger charge is 2.17. The maximum absolute atomic E-state index is 11.8. The first-order chi connectivity index (χ1) is 14.6. The van der Waals surface area contributed by atoms with Gasteiger partial charge in [0.1, 0.15) is 18.9 Å². The number of para-hydroxylation sites is 1. The van der Waals surface area contributed by atoms with Gasteiger partial charge in [-0.05, 0) is 24.3 Å². The SMILES string of the molecule is COCCOc1ccc(Cl)cc1-c1noc(Cn2cc(C(N)=O)c3ccccc32)n1. The minimum absolute atomic E-state index is 0.279. The van der Waals surface area contributed by atoms with Crippen LogP contribution in [-0.2, 0) is 11.3 Å². The van der Waals surface area contributed by atoms with E-state index in [1.165, 1.54) is 0 Å². The zero-order valence-corrected chi connectivity index (χ0v) is 16.9. The summed E-state index contributed by atoms with van der Waals surface area (Å²) in [6.07, 6.45) is 1.69. The van der Waals surface area contributed by atoms with Crippen molar-refractivity contribution in [3.05, 3.63) is 65.1 Å². The van der Waals surface area contributed by atoms with Crippen LogP contribution in [0, 0.1) is 0 Å². The van der Waals surface area contributed by atoms with Gasteiger partial charge in [0.2, 0.25) is 11.7 Å². The van der Waals surface area contributed by atoms with Gasteiger partial charge in [0.05, 0.1) is 17.7 Å². The standard InChI is InChI=1S/C21H19ClN4O4/c1-28-8-9-29-18-7-6-13(22)10-15(18)21-24-19(30-25-21)12-26-11-16(20(23)27)14-4-2-3-5-17(14)26/h2-7,10-11H,8-9,12H2,1H3,(H2,23,27). The van der Waals surface area contributed by atoms with Gasteiger partial charge in [-0.25, -0.2) is 0 Å². The minimum atomic E-state index is -0.493. The molecule has 2 heterocycles. The monoisotopic (exact) mass is 426 g/mol. The topological polar surface area (TPSA) is 105 Å². The summed E-state index contributed by atoms with van der Waals surface area (Å²) in [6.45, 7) is 1.10. The van der Waals surface area contributed by atoms with Crippen LogP contribution in [0.2, 0.25) is 5.02 Å². The van der Waals surface area contributed by atoms with Crippen molar-refractivity contribution < 1.29 is 18.8 Å². The molecule has 0 bridgehead atoms. The van der Waals surface area contributed by atoms with Crippen molar-refractivity contribution in [3.8, 4) is 17.1 Å². The molecule has 4 aromatic rings. The lowest BCUT2D eigenvalue weighted by molar-refractivity contribution is 0.100. The number of carbonyl (C=O) groups excluding carboxylic acids is 1. The second-order valence-electron chi connectivity index (χ2n) is 6.55. The van der Waals surface area contributed by atoms with Gasteiger partial charge in [0.15, 0.2) is 0 Å². The van der Waals surface area contributed by atoms with Crippen LogP contribution in [0.15, 0.2) is 53.2 Å². The fourth-order valence-electron chi connectivity index (χ4n) is 3.19. The maximum Gasteiger partial charge on any atom is 0.250 e. The predicted octanol–water partition coefficient (Wildman–Crippen LogP) is 3.52. The number of rotatable bonds is 8. The number of primary amides is 1. The zero-order valence-electron chi connectivity index (χ0n) is 16.2. The summed E-state index contributed by atoms with van der Waals surface area (Å²) >= 11 is 6.15. The Hall–Kier alpha value is -3.36. The number of aromatic nitrogens is 3. The fourth-order valence-corrected chi connectivity index (χ4v) is 3.36. The van der Waals surface area contributed by atoms with Gasteiger partial charge < -0.3 is 24.3 Å². The zero-order chi connectivity index (χ0) is 21.1. The predicted molar refractivity (Wildman–Crippen MR) is 112 cm³/mol. The third-order valence-electron chi connectivity index (χ3n) is 4.56. The Kier molecular flexibility index (Phi) is 5.69. The molecule has 2 aromatic heterocycles. The smallest absolute Gasteiger partial charge is 0.250 e. The van der Waals surface area contributed by atoms with E-state index in [0.29, 0.717) is 46.8 Å². The Morgan fingerprint density at radius 1 is 1.23 bits per heavy atom. The Morgan fingerprint density at radius 2 is 2.07 bits per heavy atom. The average molecular weight is 427 g/mol. The van der Waals surface area contributed by atoms with Gasteiger partial charge in [0, 0.05) is 29.2 Å². The molecule has 0 aliphatic carbocycles. The Balaban J connectivity index is 1.64. The maximum atomic E-state index is 11.8. The molecule has 0 aliphatic heterocycles. The molecule has 4 rings (SSSR count). The molecule has 0 spiro atoms. The van der Waals surface area contributed by atoms with Gasteiger partial charge in [-0.1, -0.05) is 35.0 Å². The average Bonchev–Trinajstić information content (AvgIpc) is 3.35. The summed E-state index contributed by atoms with van der Waals surface area (Å²) in [6, 6.07) is 12.7. The number of nitrogens with two attached hydrogens (primary N) is 1. The molecule has 0 fully saturated rings. The number of nitrogens with zero attached hydrogens (tertiary/aromatic N) is 3. The summed E-state index contributed by atoms with van der Waals surface area (Å²) in [5, 5.41) is 5.37. The fraction of sp³-hybridized carbons (Fsp3) is 0.190. The van der Waals surface area contributed by atoms with Crippen molar-refractivity contribution in [2.45, 2.75) is 6.54 Å². The van der Waals surface area contributed by atoms with E-state index in [-0.39, 0.29) is 6.54 Å². The van der Waals surface area contributed by atoms with Crippen LogP contribution in [0.25, 0.3) is 22.3 Å². The van der Waals surface area contributed by atoms with E-state index in [0.717, 1.165) is 10.9 Å². The highest BCUT2D eigenvalue weighted by Crippen LogP contribution is 2.31. The normalized spacial score (nSPS) is 11.1. The highest BCUT2D eigenvalue weighted by atomic mass is 35.5. The van der Waals surface area contributed by atoms with Crippen molar-refractivity contribution in [2.75, 3.05) is 20.3 Å². The van der Waals surface area contributed by atoms with E-state index in [1.54, 1.807) is 31.5 Å². The first kappa shape index (κ1) is 19.9. The molecule has 0 atom stereocenters. The van der Waals surface area contributed by atoms with Crippen molar-refractivity contribution in [2.24, 2.45) is 5.73 Å². The highest BCUT2D eigenvalue weighted by molar-refractivity contribution is 6.30. The molecule has 1 amide bonds. The van der Waals surface area contributed by atoms with Crippen LogP contribution in [0.3, 0.4) is 0 Å². The number of carbonyl (C=O) groups is 1. The molecular weight excluding hydrogens is 408 g/mol. The van der Waals surface area contributed by atoms with E-state index in [1.807, 2.05) is 28.8 Å². The number of benzene rings is 2. The molecule has 8 nitrogen and oxygen atoms in total. The van der Waals surface area contributed by atoms with Crippen molar-refractivity contribution in [1.29, 1.82) is 0 Å². The number of halogens is 1. The van der Waals surface area contributed by atoms with Gasteiger partial charge in [-0.15, -0.1) is 0 Å². The first-order valence-corrected chi connectivity index (χ1v) is 9.56. The van der Waals surface area contributed by atoms with Gasteiger partial charge in [-0.2, -0.15) is 4.98 Å². The van der Waals surface area contributed by atoms with Crippen molar-refractivity contribution in [3.63, 3.8) is 0 Å². The van der Waals surface area contributed by atoms with Crippen molar-refractivity contribution >= 4 is 28.4 Å².